The van der Waals surface area contributed by atoms with Crippen LogP contribution in [0.2, 0.25) is 0 Å². The molecule has 1 N–H and O–H groups in total. The Hall–Kier alpha value is -3.35. The van der Waals surface area contributed by atoms with Crippen molar-refractivity contribution in [2.24, 2.45) is 5.92 Å². The molecule has 1 heterocycles. The van der Waals surface area contributed by atoms with E-state index in [1.165, 1.54) is 33.4 Å². The molecule has 0 aliphatic carbocycles. The van der Waals surface area contributed by atoms with Crippen LogP contribution in [-0.4, -0.2) is 29.1 Å². The van der Waals surface area contributed by atoms with Crippen LogP contribution in [-0.2, 0) is 24.2 Å². The van der Waals surface area contributed by atoms with Gasteiger partial charge in [-0.1, -0.05) is 73.4 Å². The molecular weight excluding hydrogens is 418 g/mol. The second-order valence-electron chi connectivity index (χ2n) is 9.47. The van der Waals surface area contributed by atoms with Crippen molar-refractivity contribution in [2.75, 3.05) is 13.1 Å². The number of carboxylic acids is 1. The van der Waals surface area contributed by atoms with Crippen LogP contribution < -0.4 is 0 Å². The van der Waals surface area contributed by atoms with Crippen LogP contribution in [0, 0.1) is 31.6 Å². The lowest BCUT2D eigenvalue weighted by Gasteiger charge is -2.36. The third-order valence-corrected chi connectivity index (χ3v) is 6.83. The highest BCUT2D eigenvalue weighted by molar-refractivity contribution is 5.71. The van der Waals surface area contributed by atoms with E-state index >= 15 is 0 Å². The van der Waals surface area contributed by atoms with Gasteiger partial charge in [0.25, 0.3) is 0 Å². The smallest absolute Gasteiger partial charge is 0.309 e. The number of nitrogens with zero attached hydrogens (tertiary/aromatic N) is 1. The summed E-state index contributed by atoms with van der Waals surface area (Å²) in [5.74, 6) is 6.19. The monoisotopic (exact) mass is 451 g/mol. The van der Waals surface area contributed by atoms with Gasteiger partial charge in [0, 0.05) is 31.1 Å². The van der Waals surface area contributed by atoms with Crippen molar-refractivity contribution in [1.82, 2.24) is 4.90 Å². The summed E-state index contributed by atoms with van der Waals surface area (Å²) in [5.41, 5.74) is 8.76. The lowest BCUT2D eigenvalue weighted by molar-refractivity contribution is -0.147. The van der Waals surface area contributed by atoms with E-state index in [4.69, 9.17) is 5.11 Å². The van der Waals surface area contributed by atoms with Crippen molar-refractivity contribution in [3.8, 4) is 11.8 Å². The maximum absolute atomic E-state index is 11.0. The molecule has 1 aliphatic rings. The summed E-state index contributed by atoms with van der Waals surface area (Å²) in [6.45, 7) is 8.56. The number of carbonyl (C=O) groups is 1. The summed E-state index contributed by atoms with van der Waals surface area (Å²) in [5, 5.41) is 9.05. The Morgan fingerprint density at radius 3 is 2.38 bits per heavy atom. The normalized spacial score (nSPS) is 14.7. The van der Waals surface area contributed by atoms with E-state index in [-0.39, 0.29) is 11.8 Å². The molecule has 3 aromatic carbocycles. The molecule has 1 fully saturated rings. The summed E-state index contributed by atoms with van der Waals surface area (Å²) in [4.78, 5) is 13.2. The zero-order valence-corrected chi connectivity index (χ0v) is 20.3. The van der Waals surface area contributed by atoms with Gasteiger partial charge in [-0.05, 0) is 72.2 Å². The van der Waals surface area contributed by atoms with Crippen LogP contribution in [0.4, 0.5) is 0 Å². The van der Waals surface area contributed by atoms with Crippen LogP contribution >= 0.6 is 0 Å². The van der Waals surface area contributed by atoms with Crippen LogP contribution in [0.3, 0.4) is 0 Å². The standard InChI is InChI=1S/C31H33NO2/c1-4-24-6-5-7-28(17-24)29(18-27-9-8-22(2)23(3)16-27)15-14-25-10-12-26(13-11-25)19-32-20-30(21-32)31(33)34/h5-13,16-17,29-30H,4,18-21H2,1-3H3,(H,33,34). The minimum absolute atomic E-state index is 0.127. The number of benzene rings is 3. The van der Waals surface area contributed by atoms with Gasteiger partial charge in [0.1, 0.15) is 0 Å². The summed E-state index contributed by atoms with van der Waals surface area (Å²) >= 11 is 0. The van der Waals surface area contributed by atoms with Gasteiger partial charge >= 0.3 is 5.97 Å². The molecule has 0 aromatic heterocycles. The molecule has 0 radical (unpaired) electrons. The van der Waals surface area contributed by atoms with Crippen LogP contribution in [0.5, 0.6) is 0 Å². The number of hydrogen-bond acceptors (Lipinski definition) is 2. The van der Waals surface area contributed by atoms with Gasteiger partial charge in [-0.2, -0.15) is 0 Å². The molecule has 174 valence electrons. The molecular formula is C31H33NO2. The third kappa shape index (κ3) is 5.95. The summed E-state index contributed by atoms with van der Waals surface area (Å²) in [7, 11) is 0. The van der Waals surface area contributed by atoms with Gasteiger partial charge in [-0.25, -0.2) is 0 Å². The molecule has 0 amide bonds. The fourth-order valence-corrected chi connectivity index (χ4v) is 4.43. The number of aliphatic carboxylic acids is 1. The van der Waals surface area contributed by atoms with Crippen molar-refractivity contribution in [1.29, 1.82) is 0 Å². The summed E-state index contributed by atoms with van der Waals surface area (Å²) in [6.07, 6.45) is 1.91. The number of carboxylic acid groups (broad SMARTS) is 1. The molecule has 1 saturated heterocycles. The molecule has 3 nitrogen and oxygen atoms in total. The highest BCUT2D eigenvalue weighted by Gasteiger charge is 2.32. The van der Waals surface area contributed by atoms with E-state index in [2.05, 4.69) is 104 Å². The average molecular weight is 452 g/mol. The molecule has 34 heavy (non-hydrogen) atoms. The lowest BCUT2D eigenvalue weighted by atomic mass is 9.90. The average Bonchev–Trinajstić information content (AvgIpc) is 2.81. The van der Waals surface area contributed by atoms with E-state index in [0.29, 0.717) is 13.1 Å². The maximum atomic E-state index is 11.0. The minimum Gasteiger partial charge on any atom is -0.481 e. The fourth-order valence-electron chi connectivity index (χ4n) is 4.43. The van der Waals surface area contributed by atoms with Gasteiger partial charge in [0.2, 0.25) is 0 Å². The molecule has 1 unspecified atom stereocenters. The van der Waals surface area contributed by atoms with E-state index < -0.39 is 5.97 Å². The van der Waals surface area contributed by atoms with Gasteiger partial charge in [0.15, 0.2) is 0 Å². The Morgan fingerprint density at radius 1 is 0.971 bits per heavy atom. The highest BCUT2D eigenvalue weighted by Crippen LogP contribution is 2.24. The van der Waals surface area contributed by atoms with Gasteiger partial charge in [-0.15, -0.1) is 0 Å². The van der Waals surface area contributed by atoms with Crippen molar-refractivity contribution in [3.05, 3.63) is 106 Å². The van der Waals surface area contributed by atoms with E-state index in [9.17, 15) is 4.79 Å². The summed E-state index contributed by atoms with van der Waals surface area (Å²) in [6, 6.07) is 23.9. The van der Waals surface area contributed by atoms with Gasteiger partial charge in [0.05, 0.1) is 5.92 Å². The molecule has 0 spiro atoms. The predicted molar refractivity (Wildman–Crippen MR) is 138 cm³/mol. The molecule has 0 saturated carbocycles. The zero-order valence-electron chi connectivity index (χ0n) is 20.3. The maximum Gasteiger partial charge on any atom is 0.309 e. The van der Waals surface area contributed by atoms with E-state index in [1.54, 1.807) is 0 Å². The molecule has 3 aromatic rings. The first-order chi connectivity index (χ1) is 16.4. The van der Waals surface area contributed by atoms with Crippen molar-refractivity contribution >= 4 is 5.97 Å². The summed E-state index contributed by atoms with van der Waals surface area (Å²) < 4.78 is 0. The fraction of sp³-hybridized carbons (Fsp3) is 0.323. The highest BCUT2D eigenvalue weighted by atomic mass is 16.4. The van der Waals surface area contributed by atoms with Crippen molar-refractivity contribution in [2.45, 2.75) is 46.1 Å². The SMILES string of the molecule is CCc1cccc(C(C#Cc2ccc(CN3CC(C(=O)O)C3)cc2)Cc2ccc(C)c(C)c2)c1. The Balaban J connectivity index is 1.50. The van der Waals surface area contributed by atoms with Crippen LogP contribution in [0.15, 0.2) is 66.7 Å². The number of rotatable bonds is 7. The van der Waals surface area contributed by atoms with Crippen LogP contribution in [0.25, 0.3) is 0 Å². The van der Waals surface area contributed by atoms with Crippen molar-refractivity contribution < 1.29 is 9.90 Å². The first-order valence-corrected chi connectivity index (χ1v) is 12.1. The molecule has 3 heteroatoms. The predicted octanol–water partition coefficient (Wildman–Crippen LogP) is 5.76. The van der Waals surface area contributed by atoms with Crippen LogP contribution in [0.1, 0.15) is 51.8 Å². The lowest BCUT2D eigenvalue weighted by Crippen LogP contribution is -2.49. The number of aryl methyl sites for hydroxylation is 3. The molecule has 1 atom stereocenters. The van der Waals surface area contributed by atoms with E-state index in [1.807, 2.05) is 0 Å². The first kappa shape index (κ1) is 23.8. The molecule has 0 bridgehead atoms. The molecule has 4 rings (SSSR count). The third-order valence-electron chi connectivity index (χ3n) is 6.83. The topological polar surface area (TPSA) is 40.5 Å². The van der Waals surface area contributed by atoms with Gasteiger partial charge < -0.3 is 5.11 Å². The Kier molecular flexibility index (Phi) is 7.50. The zero-order chi connectivity index (χ0) is 24.1. The largest absolute Gasteiger partial charge is 0.481 e. The first-order valence-electron chi connectivity index (χ1n) is 12.1. The number of likely N-dealkylation sites (tertiary alicyclic amines) is 1. The quantitative estimate of drug-likeness (QED) is 0.464. The molecule has 1 aliphatic heterocycles. The Morgan fingerprint density at radius 2 is 1.71 bits per heavy atom. The van der Waals surface area contributed by atoms with E-state index in [0.717, 1.165) is 24.9 Å². The minimum atomic E-state index is -0.693. The Labute approximate surface area is 203 Å². The van der Waals surface area contributed by atoms with Crippen molar-refractivity contribution in [3.63, 3.8) is 0 Å². The number of hydrogen-bond donors (Lipinski definition) is 1. The Bertz CT molecular complexity index is 1210. The second-order valence-corrected chi connectivity index (χ2v) is 9.47. The second kappa shape index (κ2) is 10.7. The van der Waals surface area contributed by atoms with Gasteiger partial charge in [-0.3, -0.25) is 9.69 Å².